The molecule has 21 heavy (non-hydrogen) atoms. The Morgan fingerprint density at radius 2 is 1.71 bits per heavy atom. The maximum atomic E-state index is 11.5. The number of carbonyl (C=O) groups is 1. The molecule has 2 rings (SSSR count). The summed E-state index contributed by atoms with van der Waals surface area (Å²) < 4.78 is 0. The van der Waals surface area contributed by atoms with E-state index >= 15 is 0 Å². The van der Waals surface area contributed by atoms with Crippen molar-refractivity contribution < 1.29 is 9.90 Å². The summed E-state index contributed by atoms with van der Waals surface area (Å²) in [5.74, 6) is -1.45. The van der Waals surface area contributed by atoms with E-state index < -0.39 is 11.9 Å². The Bertz CT molecular complexity index is 656. The summed E-state index contributed by atoms with van der Waals surface area (Å²) in [6.45, 7) is 0. The van der Waals surface area contributed by atoms with E-state index in [1.807, 2.05) is 12.1 Å². The summed E-state index contributed by atoms with van der Waals surface area (Å²) in [7, 11) is 0. The molecule has 0 saturated heterocycles. The zero-order valence-corrected chi connectivity index (χ0v) is 13.3. The summed E-state index contributed by atoms with van der Waals surface area (Å²) in [5.41, 5.74) is 1.62. The fraction of sp³-hybridized carbons (Fsp3) is 0.188. The lowest BCUT2D eigenvalue weighted by Gasteiger charge is -2.14. The first kappa shape index (κ1) is 16.2. The third-order valence-corrected chi connectivity index (χ3v) is 4.03. The van der Waals surface area contributed by atoms with Gasteiger partial charge in [-0.15, -0.1) is 0 Å². The molecular formula is C16H13Cl3O2. The summed E-state index contributed by atoms with van der Waals surface area (Å²) in [6, 6.07) is 12.3. The molecule has 0 aliphatic carbocycles. The van der Waals surface area contributed by atoms with Crippen LogP contribution in [0.15, 0.2) is 42.5 Å². The van der Waals surface area contributed by atoms with Crippen LogP contribution in [0.4, 0.5) is 0 Å². The zero-order chi connectivity index (χ0) is 15.4. The van der Waals surface area contributed by atoms with E-state index in [1.54, 1.807) is 30.3 Å². The highest BCUT2D eigenvalue weighted by atomic mass is 35.5. The molecule has 5 heteroatoms. The van der Waals surface area contributed by atoms with Gasteiger partial charge in [0.15, 0.2) is 0 Å². The van der Waals surface area contributed by atoms with E-state index in [2.05, 4.69) is 0 Å². The largest absolute Gasteiger partial charge is 0.481 e. The zero-order valence-electron chi connectivity index (χ0n) is 11.0. The topological polar surface area (TPSA) is 37.3 Å². The first-order valence-corrected chi connectivity index (χ1v) is 7.50. The van der Waals surface area contributed by atoms with Crippen LogP contribution in [-0.2, 0) is 17.6 Å². The van der Waals surface area contributed by atoms with Crippen LogP contribution >= 0.6 is 34.8 Å². The molecule has 0 saturated carbocycles. The predicted molar refractivity (Wildman–Crippen MR) is 86.4 cm³/mol. The second-order valence-corrected chi connectivity index (χ2v) is 6.09. The predicted octanol–water partition coefficient (Wildman–Crippen LogP) is 5.13. The number of rotatable bonds is 5. The standard InChI is InChI=1S/C16H13Cl3O2/c17-13-3-1-2-10(7-13)6-12(16(20)21)8-11-9-14(18)4-5-15(11)19/h1-5,7,9,12H,6,8H2,(H,20,21). The number of halogens is 3. The summed E-state index contributed by atoms with van der Waals surface area (Å²) in [6.07, 6.45) is 0.708. The van der Waals surface area contributed by atoms with Crippen LogP contribution in [-0.4, -0.2) is 11.1 Å². The molecule has 0 aromatic heterocycles. The minimum Gasteiger partial charge on any atom is -0.481 e. The molecule has 0 spiro atoms. The fourth-order valence-electron chi connectivity index (χ4n) is 2.16. The molecule has 0 radical (unpaired) electrons. The average Bonchev–Trinajstić information content (AvgIpc) is 2.42. The molecule has 2 aromatic rings. The highest BCUT2D eigenvalue weighted by Crippen LogP contribution is 2.25. The first-order valence-electron chi connectivity index (χ1n) is 6.37. The van der Waals surface area contributed by atoms with Gasteiger partial charge in [0.05, 0.1) is 5.92 Å². The van der Waals surface area contributed by atoms with Crippen LogP contribution in [0.25, 0.3) is 0 Å². The van der Waals surface area contributed by atoms with Gasteiger partial charge in [0.1, 0.15) is 0 Å². The molecule has 0 fully saturated rings. The average molecular weight is 344 g/mol. The number of hydrogen-bond acceptors (Lipinski definition) is 1. The Morgan fingerprint density at radius 1 is 1.00 bits per heavy atom. The lowest BCUT2D eigenvalue weighted by Crippen LogP contribution is -2.19. The van der Waals surface area contributed by atoms with E-state index in [4.69, 9.17) is 34.8 Å². The van der Waals surface area contributed by atoms with Gasteiger partial charge < -0.3 is 5.11 Å². The van der Waals surface area contributed by atoms with E-state index in [0.717, 1.165) is 11.1 Å². The number of benzene rings is 2. The van der Waals surface area contributed by atoms with E-state index in [9.17, 15) is 9.90 Å². The molecule has 2 aromatic carbocycles. The van der Waals surface area contributed by atoms with Crippen LogP contribution in [0.2, 0.25) is 15.1 Å². The molecule has 1 N–H and O–H groups in total. The summed E-state index contributed by atoms with van der Waals surface area (Å²) >= 11 is 18.0. The van der Waals surface area contributed by atoms with Gasteiger partial charge in [0.2, 0.25) is 0 Å². The normalized spacial score (nSPS) is 12.1. The molecular weight excluding hydrogens is 331 g/mol. The molecule has 1 unspecified atom stereocenters. The van der Waals surface area contributed by atoms with Crippen LogP contribution in [0.3, 0.4) is 0 Å². The van der Waals surface area contributed by atoms with Crippen LogP contribution < -0.4 is 0 Å². The third kappa shape index (κ3) is 4.63. The van der Waals surface area contributed by atoms with Gasteiger partial charge in [-0.25, -0.2) is 0 Å². The van der Waals surface area contributed by atoms with Gasteiger partial charge in [-0.3, -0.25) is 4.79 Å². The Balaban J connectivity index is 2.20. The lowest BCUT2D eigenvalue weighted by molar-refractivity contribution is -0.141. The minimum absolute atomic E-state index is 0.321. The number of hydrogen-bond donors (Lipinski definition) is 1. The van der Waals surface area contributed by atoms with Gasteiger partial charge in [-0.1, -0.05) is 46.9 Å². The Labute approximate surface area is 138 Å². The van der Waals surface area contributed by atoms with Gasteiger partial charge in [0, 0.05) is 15.1 Å². The van der Waals surface area contributed by atoms with Crippen LogP contribution in [0, 0.1) is 5.92 Å². The quantitative estimate of drug-likeness (QED) is 0.817. The van der Waals surface area contributed by atoms with Crippen molar-refractivity contribution in [1.29, 1.82) is 0 Å². The van der Waals surface area contributed by atoms with Crippen LogP contribution in [0.1, 0.15) is 11.1 Å². The molecule has 0 bridgehead atoms. The molecule has 0 amide bonds. The molecule has 2 nitrogen and oxygen atoms in total. The highest BCUT2D eigenvalue weighted by molar-refractivity contribution is 6.33. The molecule has 1 atom stereocenters. The molecule has 0 aliphatic rings. The fourth-order valence-corrected chi connectivity index (χ4v) is 2.76. The van der Waals surface area contributed by atoms with Crippen molar-refractivity contribution in [3.63, 3.8) is 0 Å². The molecule has 110 valence electrons. The van der Waals surface area contributed by atoms with E-state index in [-0.39, 0.29) is 0 Å². The second-order valence-electron chi connectivity index (χ2n) is 4.81. The van der Waals surface area contributed by atoms with Gasteiger partial charge in [0.25, 0.3) is 0 Å². The lowest BCUT2D eigenvalue weighted by atomic mass is 9.92. The Kier molecular flexibility index (Phi) is 5.51. The molecule has 0 heterocycles. The summed E-state index contributed by atoms with van der Waals surface area (Å²) in [5, 5.41) is 11.1. The SMILES string of the molecule is O=C(O)C(Cc1cccc(Cl)c1)Cc1cc(Cl)ccc1Cl. The number of aliphatic carboxylic acids is 1. The van der Waals surface area contributed by atoms with Crippen molar-refractivity contribution in [3.05, 3.63) is 68.7 Å². The third-order valence-electron chi connectivity index (χ3n) is 3.19. The van der Waals surface area contributed by atoms with E-state index in [0.29, 0.717) is 27.9 Å². The minimum atomic E-state index is -0.869. The first-order chi connectivity index (χ1) is 9.95. The van der Waals surface area contributed by atoms with Crippen molar-refractivity contribution in [3.8, 4) is 0 Å². The highest BCUT2D eigenvalue weighted by Gasteiger charge is 2.20. The van der Waals surface area contributed by atoms with Crippen molar-refractivity contribution in [2.75, 3.05) is 0 Å². The van der Waals surface area contributed by atoms with Crippen LogP contribution in [0.5, 0.6) is 0 Å². The maximum absolute atomic E-state index is 11.5. The second kappa shape index (κ2) is 7.17. The van der Waals surface area contributed by atoms with Crippen molar-refractivity contribution in [1.82, 2.24) is 0 Å². The maximum Gasteiger partial charge on any atom is 0.307 e. The Morgan fingerprint density at radius 3 is 2.38 bits per heavy atom. The van der Waals surface area contributed by atoms with Gasteiger partial charge in [-0.05, 0) is 54.3 Å². The smallest absolute Gasteiger partial charge is 0.307 e. The van der Waals surface area contributed by atoms with Crippen molar-refractivity contribution >= 4 is 40.8 Å². The Hall–Kier alpha value is -1.22. The monoisotopic (exact) mass is 342 g/mol. The van der Waals surface area contributed by atoms with Crippen molar-refractivity contribution in [2.45, 2.75) is 12.8 Å². The molecule has 0 aliphatic heterocycles. The van der Waals surface area contributed by atoms with Crippen molar-refractivity contribution in [2.24, 2.45) is 5.92 Å². The van der Waals surface area contributed by atoms with Gasteiger partial charge >= 0.3 is 5.97 Å². The number of carboxylic acids is 1. The van der Waals surface area contributed by atoms with E-state index in [1.165, 1.54) is 0 Å². The van der Waals surface area contributed by atoms with Gasteiger partial charge in [-0.2, -0.15) is 0 Å². The summed E-state index contributed by atoms with van der Waals surface area (Å²) in [4.78, 5) is 11.5. The number of carboxylic acid groups (broad SMARTS) is 1.